The van der Waals surface area contributed by atoms with Crippen LogP contribution in [0.3, 0.4) is 0 Å². The van der Waals surface area contributed by atoms with E-state index in [0.717, 1.165) is 61.0 Å². The van der Waals surface area contributed by atoms with E-state index in [1.807, 2.05) is 53.3 Å². The number of benzene rings is 1. The first kappa shape index (κ1) is 19.5. The van der Waals surface area contributed by atoms with Gasteiger partial charge in [0.15, 0.2) is 5.65 Å². The molecule has 0 saturated carbocycles. The molecule has 1 aromatic carbocycles. The van der Waals surface area contributed by atoms with Crippen LogP contribution in [0.25, 0.3) is 16.9 Å². The Hall–Kier alpha value is -3.45. The molecule has 0 aliphatic carbocycles. The lowest BCUT2D eigenvalue weighted by atomic mass is 10.1. The summed E-state index contributed by atoms with van der Waals surface area (Å²) in [5.74, 6) is 1.73. The van der Waals surface area contributed by atoms with Crippen LogP contribution in [0.15, 0.2) is 67.0 Å². The van der Waals surface area contributed by atoms with Gasteiger partial charge in [0.25, 0.3) is 0 Å². The van der Waals surface area contributed by atoms with Crippen LogP contribution >= 0.6 is 0 Å². The Morgan fingerprint density at radius 3 is 2.48 bits per heavy atom. The summed E-state index contributed by atoms with van der Waals surface area (Å²) in [5.41, 5.74) is 3.98. The van der Waals surface area contributed by atoms with Gasteiger partial charge in [-0.3, -0.25) is 0 Å². The van der Waals surface area contributed by atoms with Gasteiger partial charge >= 0.3 is 0 Å². The predicted octanol–water partition coefficient (Wildman–Crippen LogP) is 3.91. The van der Waals surface area contributed by atoms with E-state index < -0.39 is 0 Å². The molecule has 31 heavy (non-hydrogen) atoms. The summed E-state index contributed by atoms with van der Waals surface area (Å²) < 4.78 is 1.89. The zero-order chi connectivity index (χ0) is 21.0. The first-order chi connectivity index (χ1) is 15.2. The van der Waals surface area contributed by atoms with Crippen LogP contribution in [-0.2, 0) is 6.54 Å². The fourth-order valence-electron chi connectivity index (χ4n) is 3.95. The lowest BCUT2D eigenvalue weighted by Gasteiger charge is -2.29. The molecule has 0 unspecified atom stereocenters. The lowest BCUT2D eigenvalue weighted by molar-refractivity contribution is 0.263. The molecule has 158 valence electrons. The Morgan fingerprint density at radius 1 is 0.903 bits per heavy atom. The summed E-state index contributed by atoms with van der Waals surface area (Å²) in [5, 5.41) is 11.8. The van der Waals surface area contributed by atoms with Crippen molar-refractivity contribution in [2.24, 2.45) is 0 Å². The molecule has 4 heterocycles. The second-order valence-electron chi connectivity index (χ2n) is 8.13. The van der Waals surface area contributed by atoms with Crippen LogP contribution < -0.4 is 10.6 Å². The molecule has 0 radical (unpaired) electrons. The number of imidazole rings is 1. The summed E-state index contributed by atoms with van der Waals surface area (Å²) in [6, 6.07) is 18.9. The predicted molar refractivity (Wildman–Crippen MR) is 124 cm³/mol. The van der Waals surface area contributed by atoms with Gasteiger partial charge in [-0.1, -0.05) is 30.3 Å². The molecule has 7 nitrogen and oxygen atoms in total. The van der Waals surface area contributed by atoms with E-state index in [-0.39, 0.29) is 0 Å². The third kappa shape index (κ3) is 4.51. The summed E-state index contributed by atoms with van der Waals surface area (Å²) in [6.45, 7) is 2.98. The normalized spacial score (nSPS) is 15.3. The first-order valence-electron chi connectivity index (χ1n) is 10.8. The minimum absolute atomic E-state index is 0.463. The molecule has 1 fully saturated rings. The Labute approximate surface area is 182 Å². The number of nitrogens with zero attached hydrogens (tertiary/aromatic N) is 5. The van der Waals surface area contributed by atoms with Crippen molar-refractivity contribution in [3.63, 3.8) is 0 Å². The smallest absolute Gasteiger partial charge is 0.154 e. The largest absolute Gasteiger partial charge is 0.366 e. The van der Waals surface area contributed by atoms with E-state index in [4.69, 9.17) is 5.10 Å². The summed E-state index contributed by atoms with van der Waals surface area (Å²) in [6.07, 6.45) is 5.99. The molecule has 5 rings (SSSR count). The van der Waals surface area contributed by atoms with Crippen molar-refractivity contribution < 1.29 is 0 Å². The van der Waals surface area contributed by atoms with Gasteiger partial charge in [-0.25, -0.2) is 14.5 Å². The molecule has 0 bridgehead atoms. The summed E-state index contributed by atoms with van der Waals surface area (Å²) in [4.78, 5) is 11.5. The number of anilines is 2. The highest BCUT2D eigenvalue weighted by molar-refractivity contribution is 5.64. The molecule has 2 N–H and O–H groups in total. The zero-order valence-corrected chi connectivity index (χ0v) is 17.7. The van der Waals surface area contributed by atoms with Crippen molar-refractivity contribution in [1.29, 1.82) is 0 Å². The highest BCUT2D eigenvalue weighted by Gasteiger charge is 2.17. The molecule has 1 aliphatic heterocycles. The maximum atomic E-state index is 4.81. The van der Waals surface area contributed by atoms with Gasteiger partial charge in [-0.15, -0.1) is 5.10 Å². The van der Waals surface area contributed by atoms with Crippen molar-refractivity contribution in [2.75, 3.05) is 30.8 Å². The molecule has 0 spiro atoms. The topological polar surface area (TPSA) is 70.4 Å². The van der Waals surface area contributed by atoms with Crippen LogP contribution in [0.5, 0.6) is 0 Å². The Kier molecular flexibility index (Phi) is 5.50. The van der Waals surface area contributed by atoms with E-state index in [1.54, 1.807) is 0 Å². The number of fused-ring (bicyclic) bond motifs is 1. The van der Waals surface area contributed by atoms with E-state index in [1.165, 1.54) is 5.56 Å². The average molecular weight is 414 g/mol. The van der Waals surface area contributed by atoms with Crippen molar-refractivity contribution in [1.82, 2.24) is 24.5 Å². The SMILES string of the molecule is CN1CCC(Nc2ccc3ncc(-c4ccc(NCc5ccccc5)nc4)n3n2)CC1. The van der Waals surface area contributed by atoms with Gasteiger partial charge in [0.05, 0.1) is 11.9 Å². The number of rotatable bonds is 6. The summed E-state index contributed by atoms with van der Waals surface area (Å²) >= 11 is 0. The van der Waals surface area contributed by atoms with Crippen LogP contribution in [0.4, 0.5) is 11.6 Å². The molecule has 4 aromatic rings. The van der Waals surface area contributed by atoms with Crippen molar-refractivity contribution in [2.45, 2.75) is 25.4 Å². The Morgan fingerprint density at radius 2 is 1.71 bits per heavy atom. The third-order valence-electron chi connectivity index (χ3n) is 5.81. The lowest BCUT2D eigenvalue weighted by Crippen LogP contribution is -2.36. The Balaban J connectivity index is 1.31. The molecule has 1 saturated heterocycles. The monoisotopic (exact) mass is 413 g/mol. The van der Waals surface area contributed by atoms with Crippen LogP contribution in [0.2, 0.25) is 0 Å². The van der Waals surface area contributed by atoms with E-state index in [9.17, 15) is 0 Å². The number of hydrogen-bond acceptors (Lipinski definition) is 6. The van der Waals surface area contributed by atoms with Gasteiger partial charge in [0.1, 0.15) is 11.6 Å². The quantitative estimate of drug-likeness (QED) is 0.499. The van der Waals surface area contributed by atoms with E-state index >= 15 is 0 Å². The highest BCUT2D eigenvalue weighted by Crippen LogP contribution is 2.22. The first-order valence-corrected chi connectivity index (χ1v) is 10.8. The molecule has 0 atom stereocenters. The van der Waals surface area contributed by atoms with Crippen molar-refractivity contribution in [3.8, 4) is 11.3 Å². The molecule has 0 amide bonds. The van der Waals surface area contributed by atoms with Crippen LogP contribution in [0, 0.1) is 0 Å². The molecular formula is C24H27N7. The van der Waals surface area contributed by atoms with Gasteiger partial charge in [0, 0.05) is 24.3 Å². The van der Waals surface area contributed by atoms with Gasteiger partial charge in [0.2, 0.25) is 0 Å². The van der Waals surface area contributed by atoms with Gasteiger partial charge in [-0.05, 0) is 62.8 Å². The van der Waals surface area contributed by atoms with Gasteiger partial charge < -0.3 is 15.5 Å². The maximum absolute atomic E-state index is 4.81. The fourth-order valence-corrected chi connectivity index (χ4v) is 3.95. The van der Waals surface area contributed by atoms with Crippen LogP contribution in [0.1, 0.15) is 18.4 Å². The zero-order valence-electron chi connectivity index (χ0n) is 17.7. The molecule has 1 aliphatic rings. The van der Waals surface area contributed by atoms with E-state index in [0.29, 0.717) is 6.04 Å². The minimum Gasteiger partial charge on any atom is -0.366 e. The second-order valence-corrected chi connectivity index (χ2v) is 8.13. The maximum Gasteiger partial charge on any atom is 0.154 e. The standard InChI is InChI=1S/C24H27N7/c1-30-13-11-20(12-14-30)28-23-9-10-24-27-17-21(31(24)29-23)19-7-8-22(26-16-19)25-15-18-5-3-2-4-6-18/h2-10,16-17,20H,11-15H2,1H3,(H,25,26)(H,28,29). The van der Waals surface area contributed by atoms with Crippen LogP contribution in [-0.4, -0.2) is 50.7 Å². The fraction of sp³-hybridized carbons (Fsp3) is 0.292. The number of likely N-dealkylation sites (tertiary alicyclic amines) is 1. The van der Waals surface area contributed by atoms with E-state index in [2.05, 4.69) is 50.7 Å². The Bertz CT molecular complexity index is 1130. The van der Waals surface area contributed by atoms with Crippen molar-refractivity contribution >= 4 is 17.3 Å². The molecular weight excluding hydrogens is 386 g/mol. The second kappa shape index (κ2) is 8.73. The highest BCUT2D eigenvalue weighted by atomic mass is 15.3. The van der Waals surface area contributed by atoms with Gasteiger partial charge in [-0.2, -0.15) is 0 Å². The summed E-state index contributed by atoms with van der Waals surface area (Å²) in [7, 11) is 2.18. The number of hydrogen-bond donors (Lipinski definition) is 2. The third-order valence-corrected chi connectivity index (χ3v) is 5.81. The van der Waals surface area contributed by atoms with Crippen molar-refractivity contribution in [3.05, 3.63) is 72.6 Å². The number of pyridine rings is 1. The molecule has 3 aromatic heterocycles. The molecule has 7 heteroatoms. The average Bonchev–Trinajstić information content (AvgIpc) is 3.24. The minimum atomic E-state index is 0.463. The number of nitrogens with one attached hydrogen (secondary N) is 2. The number of piperidine rings is 1. The number of aromatic nitrogens is 4.